The standard InChI is InChI=1S/C9H11NO3/c1-5-6(2)8(9(12)13)10(3)7(5)4-11/h4H,1-3H3,(H,12,13). The molecule has 1 aromatic rings. The number of hydrogen-bond donors (Lipinski definition) is 1. The maximum Gasteiger partial charge on any atom is 0.352 e. The predicted molar refractivity (Wildman–Crippen MR) is 47.2 cm³/mol. The molecule has 0 saturated heterocycles. The zero-order valence-corrected chi connectivity index (χ0v) is 7.79. The average Bonchev–Trinajstić information content (AvgIpc) is 2.24. The van der Waals surface area contributed by atoms with Crippen LogP contribution < -0.4 is 0 Å². The molecule has 1 aromatic heterocycles. The predicted octanol–water partition coefficient (Wildman–Crippen LogP) is 1.15. The fourth-order valence-electron chi connectivity index (χ4n) is 1.46. The van der Waals surface area contributed by atoms with E-state index in [1.165, 1.54) is 4.57 Å². The molecular weight excluding hydrogens is 170 g/mol. The van der Waals surface area contributed by atoms with Gasteiger partial charge in [-0.3, -0.25) is 4.79 Å². The number of carbonyl (C=O) groups is 2. The third-order valence-electron chi connectivity index (χ3n) is 2.31. The lowest BCUT2D eigenvalue weighted by molar-refractivity contribution is 0.0685. The molecule has 4 heteroatoms. The van der Waals surface area contributed by atoms with Crippen molar-refractivity contribution < 1.29 is 14.7 Å². The Labute approximate surface area is 75.8 Å². The summed E-state index contributed by atoms with van der Waals surface area (Å²) in [6.45, 7) is 3.44. The van der Waals surface area contributed by atoms with Crippen LogP contribution in [0.15, 0.2) is 0 Å². The fourth-order valence-corrected chi connectivity index (χ4v) is 1.46. The molecule has 0 spiro atoms. The molecule has 0 atom stereocenters. The van der Waals surface area contributed by atoms with Crippen molar-refractivity contribution in [3.63, 3.8) is 0 Å². The SMILES string of the molecule is Cc1c(C)c(C(=O)O)n(C)c1C=O. The smallest absolute Gasteiger partial charge is 0.352 e. The number of hydrogen-bond acceptors (Lipinski definition) is 2. The molecule has 0 aromatic carbocycles. The van der Waals surface area contributed by atoms with Crippen LogP contribution in [-0.4, -0.2) is 21.9 Å². The van der Waals surface area contributed by atoms with E-state index in [9.17, 15) is 9.59 Å². The Hall–Kier alpha value is -1.58. The Morgan fingerprint density at radius 2 is 1.92 bits per heavy atom. The third kappa shape index (κ3) is 1.24. The van der Waals surface area contributed by atoms with Gasteiger partial charge in [0, 0.05) is 7.05 Å². The van der Waals surface area contributed by atoms with Crippen LogP contribution in [0.4, 0.5) is 0 Å². The van der Waals surface area contributed by atoms with Crippen LogP contribution in [-0.2, 0) is 7.05 Å². The van der Waals surface area contributed by atoms with E-state index < -0.39 is 5.97 Å². The van der Waals surface area contributed by atoms with Crippen molar-refractivity contribution in [1.29, 1.82) is 0 Å². The molecule has 0 aliphatic carbocycles. The summed E-state index contributed by atoms with van der Waals surface area (Å²) in [7, 11) is 1.58. The molecule has 70 valence electrons. The molecule has 0 unspecified atom stereocenters. The number of aldehydes is 1. The van der Waals surface area contributed by atoms with E-state index in [-0.39, 0.29) is 5.69 Å². The molecule has 1 heterocycles. The molecule has 0 fully saturated rings. The van der Waals surface area contributed by atoms with Gasteiger partial charge in [0.05, 0.1) is 5.69 Å². The first-order valence-corrected chi connectivity index (χ1v) is 3.85. The Morgan fingerprint density at radius 3 is 2.15 bits per heavy atom. The van der Waals surface area contributed by atoms with Gasteiger partial charge in [0.1, 0.15) is 5.69 Å². The number of rotatable bonds is 2. The van der Waals surface area contributed by atoms with Crippen molar-refractivity contribution in [2.45, 2.75) is 13.8 Å². The van der Waals surface area contributed by atoms with Crippen molar-refractivity contribution in [2.75, 3.05) is 0 Å². The first-order valence-electron chi connectivity index (χ1n) is 3.85. The van der Waals surface area contributed by atoms with Gasteiger partial charge in [-0.15, -0.1) is 0 Å². The van der Waals surface area contributed by atoms with Gasteiger partial charge < -0.3 is 9.67 Å². The summed E-state index contributed by atoms with van der Waals surface area (Å²) < 4.78 is 1.40. The number of carbonyl (C=O) groups excluding carboxylic acids is 1. The quantitative estimate of drug-likeness (QED) is 0.696. The minimum atomic E-state index is -1.00. The molecule has 13 heavy (non-hydrogen) atoms. The second kappa shape index (κ2) is 3.05. The van der Waals surface area contributed by atoms with E-state index in [1.54, 1.807) is 20.9 Å². The number of nitrogens with zero attached hydrogens (tertiary/aromatic N) is 1. The first kappa shape index (κ1) is 9.51. The van der Waals surface area contributed by atoms with Gasteiger partial charge >= 0.3 is 5.97 Å². The zero-order valence-electron chi connectivity index (χ0n) is 7.79. The van der Waals surface area contributed by atoms with Crippen LogP contribution >= 0.6 is 0 Å². The molecular formula is C9H11NO3. The second-order valence-corrected chi connectivity index (χ2v) is 2.97. The van der Waals surface area contributed by atoms with Crippen LogP contribution in [0.3, 0.4) is 0 Å². The largest absolute Gasteiger partial charge is 0.477 e. The number of carboxylic acids is 1. The minimum Gasteiger partial charge on any atom is -0.477 e. The Balaban J connectivity index is 3.54. The summed E-state index contributed by atoms with van der Waals surface area (Å²) >= 11 is 0. The minimum absolute atomic E-state index is 0.180. The maximum absolute atomic E-state index is 10.8. The molecule has 0 radical (unpaired) electrons. The highest BCUT2D eigenvalue weighted by molar-refractivity contribution is 5.91. The lowest BCUT2D eigenvalue weighted by Gasteiger charge is -1.98. The van der Waals surface area contributed by atoms with Crippen LogP contribution in [0.1, 0.15) is 32.1 Å². The lowest BCUT2D eigenvalue weighted by atomic mass is 10.1. The highest BCUT2D eigenvalue weighted by Gasteiger charge is 2.18. The van der Waals surface area contributed by atoms with E-state index in [4.69, 9.17) is 5.11 Å². The van der Waals surface area contributed by atoms with Crippen molar-refractivity contribution in [3.05, 3.63) is 22.5 Å². The van der Waals surface area contributed by atoms with Gasteiger partial charge in [0.2, 0.25) is 0 Å². The summed E-state index contributed by atoms with van der Waals surface area (Å²) in [4.78, 5) is 21.4. The molecule has 4 nitrogen and oxygen atoms in total. The van der Waals surface area contributed by atoms with Gasteiger partial charge in [-0.1, -0.05) is 0 Å². The Bertz CT molecular complexity index is 377. The van der Waals surface area contributed by atoms with Crippen LogP contribution in [0.25, 0.3) is 0 Å². The fraction of sp³-hybridized carbons (Fsp3) is 0.333. The zero-order chi connectivity index (χ0) is 10.2. The normalized spacial score (nSPS) is 10.1. The summed E-state index contributed by atoms with van der Waals surface area (Å²) in [5.41, 5.74) is 1.99. The lowest BCUT2D eigenvalue weighted by Crippen LogP contribution is -2.07. The topological polar surface area (TPSA) is 59.3 Å². The highest BCUT2D eigenvalue weighted by atomic mass is 16.4. The van der Waals surface area contributed by atoms with Gasteiger partial charge in [0.25, 0.3) is 0 Å². The van der Waals surface area contributed by atoms with Crippen molar-refractivity contribution in [3.8, 4) is 0 Å². The van der Waals surface area contributed by atoms with Crippen LogP contribution in [0.5, 0.6) is 0 Å². The molecule has 0 amide bonds. The summed E-state index contributed by atoms with van der Waals surface area (Å²) in [6, 6.07) is 0. The molecule has 1 N–H and O–H groups in total. The maximum atomic E-state index is 10.8. The molecule has 1 rings (SSSR count). The van der Waals surface area contributed by atoms with Crippen molar-refractivity contribution in [1.82, 2.24) is 4.57 Å². The van der Waals surface area contributed by atoms with Gasteiger partial charge in [0.15, 0.2) is 6.29 Å². The van der Waals surface area contributed by atoms with Gasteiger partial charge in [-0.2, -0.15) is 0 Å². The summed E-state index contributed by atoms with van der Waals surface area (Å²) in [5.74, 6) is -1.00. The van der Waals surface area contributed by atoms with E-state index in [1.807, 2.05) is 0 Å². The Kier molecular flexibility index (Phi) is 2.23. The van der Waals surface area contributed by atoms with E-state index >= 15 is 0 Å². The van der Waals surface area contributed by atoms with Gasteiger partial charge in [-0.05, 0) is 25.0 Å². The third-order valence-corrected chi connectivity index (χ3v) is 2.31. The first-order chi connectivity index (χ1) is 6.00. The monoisotopic (exact) mass is 181 g/mol. The summed E-state index contributed by atoms with van der Waals surface area (Å²) in [5, 5.41) is 8.84. The number of aromatic nitrogens is 1. The molecule has 0 aliphatic heterocycles. The molecule has 0 aliphatic rings. The van der Waals surface area contributed by atoms with E-state index in [0.717, 1.165) is 5.56 Å². The van der Waals surface area contributed by atoms with Gasteiger partial charge in [-0.25, -0.2) is 4.79 Å². The summed E-state index contributed by atoms with van der Waals surface area (Å²) in [6.07, 6.45) is 0.675. The highest BCUT2D eigenvalue weighted by Crippen LogP contribution is 2.18. The van der Waals surface area contributed by atoms with Crippen LogP contribution in [0, 0.1) is 13.8 Å². The molecule has 0 saturated carbocycles. The second-order valence-electron chi connectivity index (χ2n) is 2.97. The van der Waals surface area contributed by atoms with E-state index in [2.05, 4.69) is 0 Å². The van der Waals surface area contributed by atoms with E-state index in [0.29, 0.717) is 17.5 Å². The average molecular weight is 181 g/mol. The molecule has 0 bridgehead atoms. The van der Waals surface area contributed by atoms with Crippen molar-refractivity contribution in [2.24, 2.45) is 7.05 Å². The number of carboxylic acid groups (broad SMARTS) is 1. The Morgan fingerprint density at radius 1 is 1.38 bits per heavy atom. The number of aromatic carboxylic acids is 1. The van der Waals surface area contributed by atoms with Crippen molar-refractivity contribution >= 4 is 12.3 Å². The van der Waals surface area contributed by atoms with Crippen LogP contribution in [0.2, 0.25) is 0 Å².